The maximum absolute atomic E-state index is 12.2. The summed E-state index contributed by atoms with van der Waals surface area (Å²) in [5, 5.41) is 2.91. The number of furan rings is 1. The van der Waals surface area contributed by atoms with Crippen molar-refractivity contribution in [3.8, 4) is 0 Å². The number of rotatable bonds is 6. The molecule has 1 aliphatic heterocycles. The van der Waals surface area contributed by atoms with Crippen LogP contribution in [0.2, 0.25) is 0 Å². The normalized spacial score (nSPS) is 20.0. The molecule has 0 radical (unpaired) electrons. The summed E-state index contributed by atoms with van der Waals surface area (Å²) in [5.41, 5.74) is 0. The lowest BCUT2D eigenvalue weighted by Gasteiger charge is -2.09. The number of hydrogen-bond donors (Lipinski definition) is 2. The zero-order chi connectivity index (χ0) is 13.9. The van der Waals surface area contributed by atoms with Gasteiger partial charge in [-0.1, -0.05) is 0 Å². The van der Waals surface area contributed by atoms with Crippen LogP contribution < -0.4 is 10.0 Å². The Bertz CT molecular complexity index is 523. The number of ether oxygens (including phenoxy) is 1. The highest BCUT2D eigenvalue weighted by molar-refractivity contribution is 9.10. The van der Waals surface area contributed by atoms with E-state index >= 15 is 0 Å². The Morgan fingerprint density at radius 2 is 2.32 bits per heavy atom. The molecule has 108 valence electrons. The highest BCUT2D eigenvalue weighted by atomic mass is 79.9. The molecule has 0 saturated carbocycles. The van der Waals surface area contributed by atoms with Gasteiger partial charge in [-0.15, -0.1) is 0 Å². The van der Waals surface area contributed by atoms with Crippen molar-refractivity contribution in [1.29, 1.82) is 0 Å². The molecule has 8 heteroatoms. The van der Waals surface area contributed by atoms with E-state index in [0.717, 1.165) is 6.42 Å². The minimum Gasteiger partial charge on any atom is -0.452 e. The van der Waals surface area contributed by atoms with Crippen molar-refractivity contribution < 1.29 is 17.6 Å². The summed E-state index contributed by atoms with van der Waals surface area (Å²) in [4.78, 5) is 0.136. The molecule has 2 N–H and O–H groups in total. The van der Waals surface area contributed by atoms with E-state index in [2.05, 4.69) is 26.0 Å². The van der Waals surface area contributed by atoms with Crippen LogP contribution in [0.5, 0.6) is 0 Å². The van der Waals surface area contributed by atoms with Crippen LogP contribution in [0.3, 0.4) is 0 Å². The average Bonchev–Trinajstić information content (AvgIpc) is 2.97. The molecule has 0 spiro atoms. The maximum Gasteiger partial charge on any atom is 0.244 e. The van der Waals surface area contributed by atoms with Gasteiger partial charge in [0.2, 0.25) is 10.0 Å². The Morgan fingerprint density at radius 1 is 1.53 bits per heavy atom. The van der Waals surface area contributed by atoms with E-state index in [9.17, 15) is 8.42 Å². The molecule has 2 rings (SSSR count). The quantitative estimate of drug-likeness (QED) is 0.800. The van der Waals surface area contributed by atoms with E-state index in [1.165, 1.54) is 6.07 Å². The number of sulfonamides is 1. The third-order valence-corrected chi connectivity index (χ3v) is 5.21. The highest BCUT2D eigenvalue weighted by Crippen LogP contribution is 2.26. The third kappa shape index (κ3) is 3.79. The first-order chi connectivity index (χ1) is 9.03. The minimum atomic E-state index is -3.55. The topological polar surface area (TPSA) is 80.6 Å². The lowest BCUT2D eigenvalue weighted by atomic mass is 10.1. The molecule has 2 heterocycles. The predicted octanol–water partition coefficient (Wildman–Crippen LogP) is 1.08. The largest absolute Gasteiger partial charge is 0.452 e. The van der Waals surface area contributed by atoms with Gasteiger partial charge in [-0.2, -0.15) is 0 Å². The SMILES string of the molecule is CNCc1cc(S(=O)(=O)NCC2CCOC2)c(Br)o1. The fourth-order valence-electron chi connectivity index (χ4n) is 1.89. The van der Waals surface area contributed by atoms with Crippen LogP contribution >= 0.6 is 15.9 Å². The molecular formula is C11H17BrN2O4S. The predicted molar refractivity (Wildman–Crippen MR) is 73.3 cm³/mol. The molecule has 1 aromatic rings. The minimum absolute atomic E-state index is 0.136. The standard InChI is InChI=1S/C11H17BrN2O4S/c1-13-6-9-4-10(11(12)18-9)19(15,16)14-5-8-2-3-17-7-8/h4,8,13-14H,2-3,5-7H2,1H3. The zero-order valence-electron chi connectivity index (χ0n) is 10.6. The first kappa shape index (κ1) is 15.0. The van der Waals surface area contributed by atoms with Crippen molar-refractivity contribution in [2.45, 2.75) is 17.9 Å². The molecule has 0 aliphatic carbocycles. The van der Waals surface area contributed by atoms with Crippen molar-refractivity contribution in [1.82, 2.24) is 10.0 Å². The van der Waals surface area contributed by atoms with E-state index in [1.807, 2.05) is 0 Å². The molecule has 1 atom stereocenters. The van der Waals surface area contributed by atoms with Crippen LogP contribution in [0.4, 0.5) is 0 Å². The first-order valence-electron chi connectivity index (χ1n) is 6.03. The molecule has 1 unspecified atom stereocenters. The summed E-state index contributed by atoms with van der Waals surface area (Å²) >= 11 is 3.14. The van der Waals surface area contributed by atoms with E-state index in [4.69, 9.17) is 9.15 Å². The zero-order valence-corrected chi connectivity index (χ0v) is 13.0. The van der Waals surface area contributed by atoms with Crippen LogP contribution in [0.15, 0.2) is 20.0 Å². The molecule has 6 nitrogen and oxygen atoms in total. The smallest absolute Gasteiger partial charge is 0.244 e. The van der Waals surface area contributed by atoms with Gasteiger partial charge in [-0.05, 0) is 35.3 Å². The number of hydrogen-bond acceptors (Lipinski definition) is 5. The van der Waals surface area contributed by atoms with Gasteiger partial charge in [-0.25, -0.2) is 13.1 Å². The summed E-state index contributed by atoms with van der Waals surface area (Å²) in [5.74, 6) is 0.816. The van der Waals surface area contributed by atoms with Gasteiger partial charge in [0.25, 0.3) is 0 Å². The van der Waals surface area contributed by atoms with Gasteiger partial charge in [0.05, 0.1) is 13.2 Å². The highest BCUT2D eigenvalue weighted by Gasteiger charge is 2.24. The molecule has 1 fully saturated rings. The second kappa shape index (κ2) is 6.36. The molecule has 0 amide bonds. The van der Waals surface area contributed by atoms with Crippen molar-refractivity contribution in [3.63, 3.8) is 0 Å². The summed E-state index contributed by atoms with van der Waals surface area (Å²) in [6, 6.07) is 1.52. The number of halogens is 1. The van der Waals surface area contributed by atoms with Gasteiger partial charge >= 0.3 is 0 Å². The summed E-state index contributed by atoms with van der Waals surface area (Å²) in [7, 11) is -1.78. The molecule has 1 aromatic heterocycles. The maximum atomic E-state index is 12.2. The van der Waals surface area contributed by atoms with Gasteiger partial charge in [0.15, 0.2) is 4.67 Å². The molecule has 1 aliphatic rings. The molecule has 1 saturated heterocycles. The Balaban J connectivity index is 2.05. The van der Waals surface area contributed by atoms with E-state index in [1.54, 1.807) is 7.05 Å². The Hall–Kier alpha value is -0.410. The molecule has 19 heavy (non-hydrogen) atoms. The Morgan fingerprint density at radius 3 is 2.95 bits per heavy atom. The van der Waals surface area contributed by atoms with Crippen LogP contribution in [0.25, 0.3) is 0 Å². The van der Waals surface area contributed by atoms with Crippen LogP contribution in [0.1, 0.15) is 12.2 Å². The van der Waals surface area contributed by atoms with Gasteiger partial charge < -0.3 is 14.5 Å². The summed E-state index contributed by atoms with van der Waals surface area (Å²) < 4.78 is 37.7. The Labute approximate surface area is 121 Å². The number of nitrogens with one attached hydrogen (secondary N) is 2. The van der Waals surface area contributed by atoms with E-state index in [0.29, 0.717) is 32.1 Å². The fraction of sp³-hybridized carbons (Fsp3) is 0.636. The first-order valence-corrected chi connectivity index (χ1v) is 8.31. The van der Waals surface area contributed by atoms with Crippen molar-refractivity contribution >= 4 is 26.0 Å². The van der Waals surface area contributed by atoms with E-state index < -0.39 is 10.0 Å². The van der Waals surface area contributed by atoms with Crippen LogP contribution in [-0.2, 0) is 21.3 Å². The lowest BCUT2D eigenvalue weighted by Crippen LogP contribution is -2.29. The fourth-order valence-corrected chi connectivity index (χ4v) is 4.00. The third-order valence-electron chi connectivity index (χ3n) is 2.93. The van der Waals surface area contributed by atoms with Crippen LogP contribution in [-0.4, -0.2) is 35.2 Å². The van der Waals surface area contributed by atoms with Crippen molar-refractivity contribution in [3.05, 3.63) is 16.5 Å². The molecule has 0 bridgehead atoms. The second-order valence-corrected chi connectivity index (χ2v) is 6.92. The lowest BCUT2D eigenvalue weighted by molar-refractivity contribution is 0.186. The van der Waals surface area contributed by atoms with Gasteiger partial charge in [0, 0.05) is 19.2 Å². The van der Waals surface area contributed by atoms with Gasteiger partial charge in [-0.3, -0.25) is 0 Å². The monoisotopic (exact) mass is 352 g/mol. The Kier molecular flexibility index (Phi) is 5.02. The van der Waals surface area contributed by atoms with Crippen LogP contribution in [0, 0.1) is 5.92 Å². The van der Waals surface area contributed by atoms with Crippen molar-refractivity contribution in [2.24, 2.45) is 5.92 Å². The second-order valence-electron chi connectivity index (χ2n) is 4.46. The summed E-state index contributed by atoms with van der Waals surface area (Å²) in [6.45, 7) is 2.18. The molecule has 0 aromatic carbocycles. The molecular weight excluding hydrogens is 336 g/mol. The van der Waals surface area contributed by atoms with E-state index in [-0.39, 0.29) is 15.5 Å². The van der Waals surface area contributed by atoms with Crippen molar-refractivity contribution in [2.75, 3.05) is 26.8 Å². The van der Waals surface area contributed by atoms with Gasteiger partial charge in [0.1, 0.15) is 10.7 Å². The summed E-state index contributed by atoms with van der Waals surface area (Å²) in [6.07, 6.45) is 0.889. The average molecular weight is 353 g/mol.